The number of thiazole rings is 1. The molecular weight excluding hydrogens is 498 g/mol. The van der Waals surface area contributed by atoms with Gasteiger partial charge in [-0.15, -0.1) is 0 Å². The number of aliphatic hydroxyl groups is 1. The molecule has 0 spiro atoms. The van der Waals surface area contributed by atoms with E-state index in [0.29, 0.717) is 21.5 Å². The van der Waals surface area contributed by atoms with Gasteiger partial charge in [0.25, 0.3) is 5.78 Å². The van der Waals surface area contributed by atoms with Gasteiger partial charge in [0.05, 0.1) is 34.5 Å². The number of amides is 1. The molecule has 0 aliphatic carbocycles. The third-order valence-corrected chi connectivity index (χ3v) is 7.35. The van der Waals surface area contributed by atoms with E-state index in [0.717, 1.165) is 15.9 Å². The van der Waals surface area contributed by atoms with Gasteiger partial charge in [0, 0.05) is 24.8 Å². The Labute approximate surface area is 216 Å². The summed E-state index contributed by atoms with van der Waals surface area (Å²) in [4.78, 5) is 34.8. The van der Waals surface area contributed by atoms with Gasteiger partial charge in [0.2, 0.25) is 0 Å². The minimum absolute atomic E-state index is 0.0579. The Balaban J connectivity index is 1.75. The van der Waals surface area contributed by atoms with Crippen molar-refractivity contribution in [3.05, 3.63) is 88.5 Å². The van der Waals surface area contributed by atoms with Crippen LogP contribution in [0.4, 0.5) is 10.8 Å². The molecule has 3 aromatic carbocycles. The highest BCUT2D eigenvalue weighted by Crippen LogP contribution is 2.45. The Morgan fingerprint density at radius 2 is 1.81 bits per heavy atom. The average molecular weight is 520 g/mol. The number of fused-ring (bicyclic) bond motifs is 1. The SMILES string of the molecule is COc1ccc(Cl)cc1/C(O)=C1\C(=O)C(=O)N(c2nc3ccccc3s2)C1c1ccc(N(C)C)cc1. The van der Waals surface area contributed by atoms with Crippen LogP contribution in [0.1, 0.15) is 17.2 Å². The monoisotopic (exact) mass is 519 g/mol. The van der Waals surface area contributed by atoms with E-state index in [1.54, 1.807) is 12.1 Å². The molecule has 1 aromatic heterocycles. The van der Waals surface area contributed by atoms with Crippen molar-refractivity contribution in [3.8, 4) is 5.75 Å². The number of Topliss-reactive ketones (excluding diaryl/α,β-unsaturated/α-hetero) is 1. The molecule has 1 aliphatic heterocycles. The summed E-state index contributed by atoms with van der Waals surface area (Å²) in [6, 6.07) is 18.8. The molecule has 36 heavy (non-hydrogen) atoms. The molecule has 1 unspecified atom stereocenters. The van der Waals surface area contributed by atoms with Crippen molar-refractivity contribution in [2.75, 3.05) is 31.0 Å². The summed E-state index contributed by atoms with van der Waals surface area (Å²) in [7, 11) is 5.30. The zero-order valence-corrected chi connectivity index (χ0v) is 21.3. The molecule has 9 heteroatoms. The third kappa shape index (κ3) is 3.98. The van der Waals surface area contributed by atoms with Gasteiger partial charge in [-0.05, 0) is 48.0 Å². The zero-order valence-electron chi connectivity index (χ0n) is 19.7. The predicted molar refractivity (Wildman–Crippen MR) is 143 cm³/mol. The van der Waals surface area contributed by atoms with Gasteiger partial charge in [0.15, 0.2) is 5.13 Å². The smallest absolute Gasteiger partial charge is 0.301 e. The van der Waals surface area contributed by atoms with Crippen LogP contribution in [0.25, 0.3) is 16.0 Å². The second-order valence-corrected chi connectivity index (χ2v) is 9.91. The number of carbonyl (C=O) groups excluding carboxylic acids is 2. The van der Waals surface area contributed by atoms with Crippen LogP contribution in [0.2, 0.25) is 5.02 Å². The maximum absolute atomic E-state index is 13.4. The molecule has 1 amide bonds. The van der Waals surface area contributed by atoms with Crippen LogP contribution in [0.5, 0.6) is 5.75 Å². The van der Waals surface area contributed by atoms with E-state index in [1.165, 1.54) is 29.4 Å². The number of methoxy groups -OCH3 is 1. The van der Waals surface area contributed by atoms with Crippen LogP contribution in [0.15, 0.2) is 72.3 Å². The first-order valence-electron chi connectivity index (χ1n) is 11.1. The van der Waals surface area contributed by atoms with Crippen molar-refractivity contribution in [3.63, 3.8) is 0 Å². The molecule has 1 fully saturated rings. The number of ether oxygens (including phenoxy) is 1. The first kappa shape index (κ1) is 23.8. The first-order chi connectivity index (χ1) is 17.3. The highest BCUT2D eigenvalue weighted by atomic mass is 35.5. The molecule has 1 N–H and O–H groups in total. The van der Waals surface area contributed by atoms with E-state index < -0.39 is 17.7 Å². The van der Waals surface area contributed by atoms with Crippen molar-refractivity contribution < 1.29 is 19.4 Å². The summed E-state index contributed by atoms with van der Waals surface area (Å²) in [5, 5.41) is 12.2. The van der Waals surface area contributed by atoms with Gasteiger partial charge in [-0.25, -0.2) is 4.98 Å². The number of ketones is 1. The van der Waals surface area contributed by atoms with Crippen molar-refractivity contribution >= 4 is 61.4 Å². The molecule has 2 heterocycles. The second kappa shape index (κ2) is 9.29. The number of para-hydroxylation sites is 1. The van der Waals surface area contributed by atoms with Crippen LogP contribution in [-0.4, -0.2) is 43.0 Å². The number of hydrogen-bond donors (Lipinski definition) is 1. The molecule has 7 nitrogen and oxygen atoms in total. The fourth-order valence-electron chi connectivity index (χ4n) is 4.27. The number of aliphatic hydroxyl groups excluding tert-OH is 1. The van der Waals surface area contributed by atoms with Crippen molar-refractivity contribution in [2.45, 2.75) is 6.04 Å². The summed E-state index contributed by atoms with van der Waals surface area (Å²) in [5.74, 6) is -1.61. The maximum Gasteiger partial charge on any atom is 0.301 e. The second-order valence-electron chi connectivity index (χ2n) is 8.46. The fourth-order valence-corrected chi connectivity index (χ4v) is 5.44. The van der Waals surface area contributed by atoms with Crippen molar-refractivity contribution in [1.82, 2.24) is 4.98 Å². The predicted octanol–water partition coefficient (Wildman–Crippen LogP) is 5.65. The highest BCUT2D eigenvalue weighted by Gasteiger charge is 2.48. The van der Waals surface area contributed by atoms with E-state index in [9.17, 15) is 14.7 Å². The highest BCUT2D eigenvalue weighted by molar-refractivity contribution is 7.22. The quantitative estimate of drug-likeness (QED) is 0.208. The zero-order chi connectivity index (χ0) is 25.6. The van der Waals surface area contributed by atoms with Crippen LogP contribution in [0.3, 0.4) is 0 Å². The van der Waals surface area contributed by atoms with Crippen molar-refractivity contribution in [1.29, 1.82) is 0 Å². The lowest BCUT2D eigenvalue weighted by atomic mass is 9.95. The van der Waals surface area contributed by atoms with Gasteiger partial charge >= 0.3 is 5.91 Å². The standard InChI is InChI=1S/C27H22ClN3O4S/c1-30(2)17-11-8-15(9-12-17)23-22(24(32)18-14-16(28)10-13-20(18)35-3)25(33)26(34)31(23)27-29-19-6-4-5-7-21(19)36-27/h4-14,23,32H,1-3H3/b24-22+. The van der Waals surface area contributed by atoms with Gasteiger partial charge in [-0.3, -0.25) is 14.5 Å². The number of benzene rings is 3. The van der Waals surface area contributed by atoms with Crippen molar-refractivity contribution in [2.24, 2.45) is 0 Å². The van der Waals surface area contributed by atoms with Gasteiger partial charge < -0.3 is 14.7 Å². The third-order valence-electron chi connectivity index (χ3n) is 6.07. The minimum Gasteiger partial charge on any atom is -0.507 e. The summed E-state index contributed by atoms with van der Waals surface area (Å²) in [6.45, 7) is 0. The molecular formula is C27H22ClN3O4S. The van der Waals surface area contributed by atoms with Crippen LogP contribution in [0, 0.1) is 0 Å². The average Bonchev–Trinajstić information content (AvgIpc) is 3.42. The van der Waals surface area contributed by atoms with Gasteiger partial charge in [-0.1, -0.05) is 47.2 Å². The van der Waals surface area contributed by atoms with Crippen LogP contribution in [-0.2, 0) is 9.59 Å². The summed E-state index contributed by atoms with van der Waals surface area (Å²) in [6.07, 6.45) is 0. The van der Waals surface area contributed by atoms with Crippen LogP contribution >= 0.6 is 22.9 Å². The Morgan fingerprint density at radius 3 is 2.47 bits per heavy atom. The van der Waals surface area contributed by atoms with E-state index in [1.807, 2.05) is 67.5 Å². The number of anilines is 2. The number of aromatic nitrogens is 1. The van der Waals surface area contributed by atoms with E-state index in [-0.39, 0.29) is 16.9 Å². The van der Waals surface area contributed by atoms with E-state index in [4.69, 9.17) is 16.3 Å². The minimum atomic E-state index is -0.898. The summed E-state index contributed by atoms with van der Waals surface area (Å²) < 4.78 is 6.28. The van der Waals surface area contributed by atoms with Gasteiger partial charge in [-0.2, -0.15) is 0 Å². The topological polar surface area (TPSA) is 83.0 Å². The number of nitrogens with zero attached hydrogens (tertiary/aromatic N) is 3. The first-order valence-corrected chi connectivity index (χ1v) is 12.3. The molecule has 0 bridgehead atoms. The number of rotatable bonds is 5. The largest absolute Gasteiger partial charge is 0.507 e. The molecule has 4 aromatic rings. The Morgan fingerprint density at radius 1 is 1.08 bits per heavy atom. The number of hydrogen-bond acceptors (Lipinski definition) is 7. The lowest BCUT2D eigenvalue weighted by Gasteiger charge is -2.24. The molecule has 1 saturated heterocycles. The summed E-state index contributed by atoms with van der Waals surface area (Å²) >= 11 is 7.51. The molecule has 0 saturated carbocycles. The van der Waals surface area contributed by atoms with E-state index >= 15 is 0 Å². The lowest BCUT2D eigenvalue weighted by molar-refractivity contribution is -0.132. The Kier molecular flexibility index (Phi) is 6.15. The Hall–Kier alpha value is -3.88. The number of halogens is 1. The normalized spacial score (nSPS) is 17.1. The molecule has 1 atom stereocenters. The summed E-state index contributed by atoms with van der Waals surface area (Å²) in [5.41, 5.74) is 2.49. The maximum atomic E-state index is 13.4. The number of carbonyl (C=O) groups is 2. The van der Waals surface area contributed by atoms with E-state index in [2.05, 4.69) is 4.98 Å². The van der Waals surface area contributed by atoms with Gasteiger partial charge in [0.1, 0.15) is 11.5 Å². The molecule has 182 valence electrons. The molecule has 1 aliphatic rings. The molecule has 5 rings (SSSR count). The Bertz CT molecular complexity index is 1490. The van der Waals surface area contributed by atoms with Crippen LogP contribution < -0.4 is 14.5 Å². The molecule has 0 radical (unpaired) electrons. The lowest BCUT2D eigenvalue weighted by Crippen LogP contribution is -2.29. The fraction of sp³-hybridized carbons (Fsp3) is 0.148.